The minimum Gasteiger partial charge on any atom is -0.0771 e. The lowest BCUT2D eigenvalue weighted by Crippen LogP contribution is -1.71. The molecule has 21 heavy (non-hydrogen) atoms. The van der Waals surface area contributed by atoms with Crippen LogP contribution in [-0.4, -0.2) is 0 Å². The topological polar surface area (TPSA) is 0 Å². The highest BCUT2D eigenvalue weighted by Crippen LogP contribution is 2.55. The van der Waals surface area contributed by atoms with Crippen molar-refractivity contribution in [1.82, 2.24) is 0 Å². The van der Waals surface area contributed by atoms with E-state index < -0.39 is 7.53 Å². The molecule has 0 N–H and O–H groups in total. The normalized spacial score (nSPS) is 11.3. The summed E-state index contributed by atoms with van der Waals surface area (Å²) in [6.07, 6.45) is 0. The highest BCUT2D eigenvalue weighted by Gasteiger charge is 2.13. The molecule has 0 atom stereocenters. The zero-order chi connectivity index (χ0) is 14.4. The van der Waals surface area contributed by atoms with Crippen molar-refractivity contribution < 1.29 is 0 Å². The first-order valence-electron chi connectivity index (χ1n) is 6.69. The van der Waals surface area contributed by atoms with Crippen LogP contribution in [-0.2, 0) is 0 Å². The monoisotopic (exact) mass is 416 g/mol. The second kappa shape index (κ2) is 5.28. The van der Waals surface area contributed by atoms with Crippen molar-refractivity contribution in [2.24, 2.45) is 0 Å². The average Bonchev–Trinajstić information content (AvgIpc) is 2.81. The van der Waals surface area contributed by atoms with Crippen molar-refractivity contribution in [1.29, 1.82) is 0 Å². The summed E-state index contributed by atoms with van der Waals surface area (Å²) in [5, 5.41) is 7.06. The molecule has 0 bridgehead atoms. The maximum Gasteiger partial charge on any atom is 0.0195 e. The van der Waals surface area contributed by atoms with Crippen LogP contribution in [0.15, 0.2) is 75.7 Å². The zero-order valence-corrected chi connectivity index (χ0v) is 15.1. The molecule has 0 unspecified atom stereocenters. The predicted octanol–water partition coefficient (Wildman–Crippen LogP) is 7.49. The Kier molecular flexibility index (Phi) is 3.41. The van der Waals surface area contributed by atoms with Gasteiger partial charge >= 0.3 is 0 Å². The molecular weight excluding hydrogens is 407 g/mol. The Bertz CT molecular complexity index is 896. The van der Waals surface area contributed by atoms with Crippen LogP contribution in [0.3, 0.4) is 0 Å². The Balaban J connectivity index is 2.20. The molecule has 3 aromatic carbocycles. The Labute approximate surface area is 141 Å². The van der Waals surface area contributed by atoms with E-state index in [-0.39, 0.29) is 0 Å². The summed E-state index contributed by atoms with van der Waals surface area (Å²) in [4.78, 5) is 0. The molecule has 0 aliphatic carbocycles. The fourth-order valence-corrected chi connectivity index (χ4v) is 7.21. The molecule has 4 aromatic rings. The third-order valence-electron chi connectivity index (χ3n) is 3.69. The first-order chi connectivity index (χ1) is 10.2. The van der Waals surface area contributed by atoms with Crippen molar-refractivity contribution in [2.45, 2.75) is 0 Å². The maximum atomic E-state index is 3.62. The number of hydrogen-bond donors (Lipinski definition) is 0. The van der Waals surface area contributed by atoms with Gasteiger partial charge in [-0.15, -0.1) is 0 Å². The number of hydrogen-bond acceptors (Lipinski definition) is 0. The Morgan fingerprint density at radius 1 is 0.619 bits per heavy atom. The smallest absolute Gasteiger partial charge is 0.0195 e. The van der Waals surface area contributed by atoms with Crippen LogP contribution in [0.1, 0.15) is 0 Å². The van der Waals surface area contributed by atoms with Gasteiger partial charge in [-0.05, 0) is 29.0 Å². The van der Waals surface area contributed by atoms with Gasteiger partial charge in [-0.25, -0.2) is 0 Å². The highest BCUT2D eigenvalue weighted by atomic mass is 79.9. The minimum absolute atomic E-state index is 0.464. The van der Waals surface area contributed by atoms with Gasteiger partial charge in [0.1, 0.15) is 0 Å². The molecule has 0 aliphatic rings. The summed E-state index contributed by atoms with van der Waals surface area (Å²) in [6, 6.07) is 24.2. The first kappa shape index (κ1) is 13.6. The number of halogens is 2. The van der Waals surface area contributed by atoms with Gasteiger partial charge in [-0.3, -0.25) is 0 Å². The Morgan fingerprint density at radius 3 is 1.62 bits per heavy atom. The van der Waals surface area contributed by atoms with Crippen LogP contribution in [0.5, 0.6) is 0 Å². The molecule has 1 aromatic heterocycles. The predicted molar refractivity (Wildman–Crippen MR) is 101 cm³/mol. The first-order valence-corrected chi connectivity index (χ1v) is 9.61. The van der Waals surface area contributed by atoms with Crippen molar-refractivity contribution in [3.63, 3.8) is 0 Å². The van der Waals surface area contributed by atoms with E-state index in [9.17, 15) is 0 Å². The molecular formula is C18H11Br2P. The molecule has 0 amide bonds. The molecule has 0 aliphatic heterocycles. The van der Waals surface area contributed by atoms with E-state index in [2.05, 4.69) is 98.6 Å². The lowest BCUT2D eigenvalue weighted by atomic mass is 10.2. The van der Waals surface area contributed by atoms with E-state index in [1.807, 2.05) is 0 Å². The van der Waals surface area contributed by atoms with Crippen molar-refractivity contribution in [2.75, 3.05) is 0 Å². The molecule has 0 saturated carbocycles. The fourth-order valence-electron chi connectivity index (χ4n) is 2.87. The van der Waals surface area contributed by atoms with Gasteiger partial charge in [0.05, 0.1) is 0 Å². The molecule has 4 rings (SSSR count). The SMILES string of the molecule is Brc1cc(Br)cc(-p2c3ccccc3c3ccccc32)c1. The standard InChI is InChI=1S/C18H11Br2P/c19-12-9-13(20)11-14(10-12)21-17-7-3-1-5-15(17)16-6-2-4-8-18(16)21/h1-11H. The van der Waals surface area contributed by atoms with Crippen molar-refractivity contribution >= 4 is 60.4 Å². The summed E-state index contributed by atoms with van der Waals surface area (Å²) in [7, 11) is -0.464. The number of benzene rings is 3. The minimum atomic E-state index is -0.464. The quantitative estimate of drug-likeness (QED) is 0.301. The molecule has 0 nitrogen and oxygen atoms in total. The van der Waals surface area contributed by atoms with E-state index in [0.29, 0.717) is 0 Å². The van der Waals surface area contributed by atoms with Gasteiger partial charge in [0.2, 0.25) is 0 Å². The van der Waals surface area contributed by atoms with Crippen LogP contribution < -0.4 is 0 Å². The fraction of sp³-hybridized carbons (Fsp3) is 0. The summed E-state index contributed by atoms with van der Waals surface area (Å²) >= 11 is 7.24. The lowest BCUT2D eigenvalue weighted by Gasteiger charge is -2.05. The number of rotatable bonds is 1. The van der Waals surface area contributed by atoms with E-state index in [1.165, 1.54) is 26.3 Å². The van der Waals surface area contributed by atoms with Gasteiger partial charge < -0.3 is 0 Å². The van der Waals surface area contributed by atoms with Crippen LogP contribution in [0.25, 0.3) is 26.3 Å². The van der Waals surface area contributed by atoms with Gasteiger partial charge in [-0.2, -0.15) is 0 Å². The molecule has 1 heterocycles. The number of fused-ring (bicyclic) bond motifs is 3. The van der Waals surface area contributed by atoms with E-state index in [1.54, 1.807) is 0 Å². The molecule has 3 heteroatoms. The third kappa shape index (κ3) is 2.26. The van der Waals surface area contributed by atoms with Crippen LogP contribution in [0, 0.1) is 0 Å². The van der Waals surface area contributed by atoms with Crippen LogP contribution >= 0.6 is 39.4 Å². The van der Waals surface area contributed by atoms with E-state index in [0.717, 1.165) is 8.95 Å². The van der Waals surface area contributed by atoms with Gasteiger partial charge in [0.25, 0.3) is 0 Å². The summed E-state index contributed by atoms with van der Waals surface area (Å²) in [5.74, 6) is 0. The zero-order valence-electron chi connectivity index (χ0n) is 11.1. The van der Waals surface area contributed by atoms with Gasteiger partial charge in [-0.1, -0.05) is 87.9 Å². The molecule has 102 valence electrons. The molecule has 0 saturated heterocycles. The Morgan fingerprint density at radius 2 is 1.10 bits per heavy atom. The second-order valence-electron chi connectivity index (χ2n) is 5.00. The lowest BCUT2D eigenvalue weighted by molar-refractivity contribution is 1.64. The average molecular weight is 418 g/mol. The highest BCUT2D eigenvalue weighted by molar-refractivity contribution is 9.11. The summed E-state index contributed by atoms with van der Waals surface area (Å²) < 4.78 is 2.24. The van der Waals surface area contributed by atoms with E-state index >= 15 is 0 Å². The summed E-state index contributed by atoms with van der Waals surface area (Å²) in [6.45, 7) is 0. The maximum absolute atomic E-state index is 3.62. The molecule has 0 fully saturated rings. The Hall–Kier alpha value is -1.08. The van der Waals surface area contributed by atoms with Crippen LogP contribution in [0.2, 0.25) is 0 Å². The van der Waals surface area contributed by atoms with E-state index in [4.69, 9.17) is 0 Å². The largest absolute Gasteiger partial charge is 0.0771 e. The van der Waals surface area contributed by atoms with Crippen molar-refractivity contribution in [3.05, 3.63) is 75.7 Å². The van der Waals surface area contributed by atoms with Gasteiger partial charge in [0, 0.05) is 24.5 Å². The summed E-state index contributed by atoms with van der Waals surface area (Å²) in [5.41, 5.74) is 0. The third-order valence-corrected chi connectivity index (χ3v) is 7.12. The molecule has 0 spiro atoms. The molecule has 0 radical (unpaired) electrons. The van der Waals surface area contributed by atoms with Crippen molar-refractivity contribution in [3.8, 4) is 5.30 Å². The second-order valence-corrected chi connectivity index (χ2v) is 8.98. The van der Waals surface area contributed by atoms with Gasteiger partial charge in [0.15, 0.2) is 0 Å². The van der Waals surface area contributed by atoms with Crippen LogP contribution in [0.4, 0.5) is 0 Å².